The molecule has 1 amide bonds. The Labute approximate surface area is 119 Å². The van der Waals surface area contributed by atoms with Crippen molar-refractivity contribution in [2.75, 3.05) is 26.2 Å². The van der Waals surface area contributed by atoms with Gasteiger partial charge in [0.05, 0.1) is 12.1 Å². The summed E-state index contributed by atoms with van der Waals surface area (Å²) in [5.41, 5.74) is 2.58. The highest BCUT2D eigenvalue weighted by Crippen LogP contribution is 2.14. The van der Waals surface area contributed by atoms with Gasteiger partial charge in [-0.3, -0.25) is 20.0 Å². The third kappa shape index (κ3) is 3.59. The molecule has 0 radical (unpaired) electrons. The van der Waals surface area contributed by atoms with E-state index >= 15 is 0 Å². The van der Waals surface area contributed by atoms with Crippen LogP contribution in [0, 0.1) is 0 Å². The number of hydrogen-bond acceptors (Lipinski definition) is 5. The molecule has 2 heterocycles. The van der Waals surface area contributed by atoms with Crippen molar-refractivity contribution in [3.05, 3.63) is 23.7 Å². The Bertz CT molecular complexity index is 438. The molecule has 1 aromatic heterocycles. The lowest BCUT2D eigenvalue weighted by Gasteiger charge is -2.37. The third-order valence-electron chi connectivity index (χ3n) is 4.05. The number of nitrogen functional groups attached to an aromatic ring is 1. The summed E-state index contributed by atoms with van der Waals surface area (Å²) in [6.07, 6.45) is 2.64. The van der Waals surface area contributed by atoms with Crippen molar-refractivity contribution in [2.24, 2.45) is 5.84 Å². The van der Waals surface area contributed by atoms with E-state index in [0.717, 1.165) is 38.5 Å². The van der Waals surface area contributed by atoms with Crippen molar-refractivity contribution in [3.63, 3.8) is 0 Å². The Kier molecular flexibility index (Phi) is 5.17. The van der Waals surface area contributed by atoms with Gasteiger partial charge in [-0.05, 0) is 19.4 Å². The summed E-state index contributed by atoms with van der Waals surface area (Å²) in [6.45, 7) is 9.49. The zero-order chi connectivity index (χ0) is 14.5. The van der Waals surface area contributed by atoms with Crippen molar-refractivity contribution < 1.29 is 9.21 Å². The van der Waals surface area contributed by atoms with Crippen LogP contribution in [-0.2, 0) is 6.54 Å². The summed E-state index contributed by atoms with van der Waals surface area (Å²) in [7, 11) is 0. The molecule has 20 heavy (non-hydrogen) atoms. The average Bonchev–Trinajstić information content (AvgIpc) is 2.95. The molecule has 0 aliphatic carbocycles. The number of furan rings is 1. The molecule has 0 aromatic carbocycles. The summed E-state index contributed by atoms with van der Waals surface area (Å²) in [4.78, 5) is 16.2. The van der Waals surface area contributed by atoms with Crippen molar-refractivity contribution in [2.45, 2.75) is 32.9 Å². The molecule has 2 rings (SSSR count). The van der Waals surface area contributed by atoms with Gasteiger partial charge in [0.25, 0.3) is 5.91 Å². The lowest BCUT2D eigenvalue weighted by Crippen LogP contribution is -2.48. The molecule has 0 spiro atoms. The second-order valence-corrected chi connectivity index (χ2v) is 5.34. The number of hydrazine groups is 1. The van der Waals surface area contributed by atoms with Gasteiger partial charge in [-0.2, -0.15) is 0 Å². The number of carbonyl (C=O) groups excluding carboxylic acids is 1. The Morgan fingerprint density at radius 1 is 1.45 bits per heavy atom. The van der Waals surface area contributed by atoms with Crippen LogP contribution in [0.2, 0.25) is 0 Å². The number of hydrogen-bond donors (Lipinski definition) is 2. The highest BCUT2D eigenvalue weighted by atomic mass is 16.3. The molecule has 112 valence electrons. The van der Waals surface area contributed by atoms with Gasteiger partial charge in [0, 0.05) is 32.2 Å². The number of carbonyl (C=O) groups is 1. The topological polar surface area (TPSA) is 74.7 Å². The van der Waals surface area contributed by atoms with Crippen LogP contribution in [0.25, 0.3) is 0 Å². The molecule has 0 saturated carbocycles. The molecule has 1 aliphatic heterocycles. The zero-order valence-corrected chi connectivity index (χ0v) is 12.3. The highest BCUT2D eigenvalue weighted by molar-refractivity contribution is 5.93. The van der Waals surface area contributed by atoms with Gasteiger partial charge in [-0.15, -0.1) is 0 Å². The van der Waals surface area contributed by atoms with Crippen molar-refractivity contribution in [1.82, 2.24) is 15.2 Å². The molecule has 1 unspecified atom stereocenters. The molecule has 1 aliphatic rings. The molecule has 6 heteroatoms. The molecule has 1 aromatic rings. The Balaban J connectivity index is 1.83. The Morgan fingerprint density at radius 3 is 2.75 bits per heavy atom. The van der Waals surface area contributed by atoms with E-state index in [2.05, 4.69) is 29.1 Å². The first-order chi connectivity index (χ1) is 9.63. The van der Waals surface area contributed by atoms with Crippen molar-refractivity contribution in [1.29, 1.82) is 0 Å². The highest BCUT2D eigenvalue weighted by Gasteiger charge is 2.21. The van der Waals surface area contributed by atoms with E-state index in [0.29, 0.717) is 11.6 Å². The smallest absolute Gasteiger partial charge is 0.268 e. The summed E-state index contributed by atoms with van der Waals surface area (Å²) >= 11 is 0. The standard InChI is InChI=1S/C14H24N4O2/c1-3-11(2)18-6-4-17(5-7-18)9-13-8-12(10-20-13)14(19)16-15/h8,10-11H,3-7,9,15H2,1-2H3,(H,16,19). The summed E-state index contributed by atoms with van der Waals surface area (Å²) < 4.78 is 5.41. The van der Waals surface area contributed by atoms with Gasteiger partial charge in [0.1, 0.15) is 12.0 Å². The SMILES string of the molecule is CCC(C)N1CCN(Cc2cc(C(=O)NN)co2)CC1. The van der Waals surface area contributed by atoms with E-state index in [9.17, 15) is 4.79 Å². The number of nitrogens with one attached hydrogen (secondary N) is 1. The second kappa shape index (κ2) is 6.88. The minimum Gasteiger partial charge on any atom is -0.467 e. The number of amides is 1. The normalized spacial score (nSPS) is 18.9. The Morgan fingerprint density at radius 2 is 2.15 bits per heavy atom. The maximum absolute atomic E-state index is 11.4. The number of rotatable bonds is 5. The van der Waals surface area contributed by atoms with Gasteiger partial charge >= 0.3 is 0 Å². The van der Waals surface area contributed by atoms with Crippen LogP contribution in [0.5, 0.6) is 0 Å². The minimum absolute atomic E-state index is 0.318. The first-order valence-electron chi connectivity index (χ1n) is 7.18. The predicted molar refractivity (Wildman–Crippen MR) is 77.0 cm³/mol. The molecule has 1 fully saturated rings. The van der Waals surface area contributed by atoms with Gasteiger partial charge in [-0.25, -0.2) is 5.84 Å². The molecule has 6 nitrogen and oxygen atoms in total. The van der Waals surface area contributed by atoms with Gasteiger partial charge < -0.3 is 4.42 Å². The fraction of sp³-hybridized carbons (Fsp3) is 0.643. The van der Waals surface area contributed by atoms with Gasteiger partial charge in [0.2, 0.25) is 0 Å². The molecule has 1 saturated heterocycles. The van der Waals surface area contributed by atoms with Crippen LogP contribution < -0.4 is 11.3 Å². The fourth-order valence-electron chi connectivity index (χ4n) is 2.51. The van der Waals surface area contributed by atoms with E-state index in [1.54, 1.807) is 6.07 Å². The fourth-order valence-corrected chi connectivity index (χ4v) is 2.51. The second-order valence-electron chi connectivity index (χ2n) is 5.34. The summed E-state index contributed by atoms with van der Waals surface area (Å²) in [5, 5.41) is 0. The first-order valence-corrected chi connectivity index (χ1v) is 7.18. The van der Waals surface area contributed by atoms with Crippen molar-refractivity contribution in [3.8, 4) is 0 Å². The molecule has 0 bridgehead atoms. The quantitative estimate of drug-likeness (QED) is 0.474. The Hall–Kier alpha value is -1.37. The molecule has 3 N–H and O–H groups in total. The monoisotopic (exact) mass is 280 g/mol. The number of piperazine rings is 1. The van der Waals surface area contributed by atoms with Crippen LogP contribution in [0.3, 0.4) is 0 Å². The lowest BCUT2D eigenvalue weighted by atomic mass is 10.2. The summed E-state index contributed by atoms with van der Waals surface area (Å²) in [5.74, 6) is 5.59. The lowest BCUT2D eigenvalue weighted by molar-refractivity contribution is 0.0920. The average molecular weight is 280 g/mol. The third-order valence-corrected chi connectivity index (χ3v) is 4.05. The van der Waals surface area contributed by atoms with E-state index in [1.165, 1.54) is 12.7 Å². The van der Waals surface area contributed by atoms with Gasteiger partial charge in [0.15, 0.2) is 0 Å². The minimum atomic E-state index is -0.318. The molecular formula is C14H24N4O2. The van der Waals surface area contributed by atoms with E-state index in [1.807, 2.05) is 0 Å². The number of nitrogens with two attached hydrogens (primary N) is 1. The van der Waals surface area contributed by atoms with Crippen LogP contribution in [-0.4, -0.2) is 47.9 Å². The zero-order valence-electron chi connectivity index (χ0n) is 12.3. The molecular weight excluding hydrogens is 256 g/mol. The first kappa shape index (κ1) is 15.0. The van der Waals surface area contributed by atoms with Crippen LogP contribution in [0.4, 0.5) is 0 Å². The largest absolute Gasteiger partial charge is 0.467 e. The van der Waals surface area contributed by atoms with E-state index in [-0.39, 0.29) is 5.91 Å². The van der Waals surface area contributed by atoms with Crippen LogP contribution >= 0.6 is 0 Å². The maximum Gasteiger partial charge on any atom is 0.268 e. The summed E-state index contributed by atoms with van der Waals surface area (Å²) in [6, 6.07) is 2.41. The van der Waals surface area contributed by atoms with Crippen LogP contribution in [0.1, 0.15) is 36.4 Å². The van der Waals surface area contributed by atoms with Crippen LogP contribution in [0.15, 0.2) is 16.7 Å². The van der Waals surface area contributed by atoms with E-state index in [4.69, 9.17) is 10.3 Å². The molecule has 1 atom stereocenters. The number of nitrogens with zero attached hydrogens (tertiary/aromatic N) is 2. The van der Waals surface area contributed by atoms with Gasteiger partial charge in [-0.1, -0.05) is 6.92 Å². The van der Waals surface area contributed by atoms with E-state index < -0.39 is 0 Å². The maximum atomic E-state index is 11.4. The predicted octanol–water partition coefficient (Wildman–Crippen LogP) is 0.799. The van der Waals surface area contributed by atoms with Crippen molar-refractivity contribution >= 4 is 5.91 Å².